The summed E-state index contributed by atoms with van der Waals surface area (Å²) in [4.78, 5) is 5.41. The van der Waals surface area contributed by atoms with E-state index in [0.29, 0.717) is 5.54 Å². The molecule has 2 atom stereocenters. The van der Waals surface area contributed by atoms with Crippen molar-refractivity contribution in [3.8, 4) is 0 Å². The molecule has 4 fully saturated rings. The van der Waals surface area contributed by atoms with Gasteiger partial charge in [0.1, 0.15) is 0 Å². The average Bonchev–Trinajstić information content (AvgIpc) is 2.69. The smallest absolute Gasteiger partial charge is 0.0520 e. The Balaban J connectivity index is 1.62. The molecule has 0 N–H and O–H groups in total. The maximum absolute atomic E-state index is 3.65. The fraction of sp³-hybridized carbons (Fsp3) is 0.647. The first-order chi connectivity index (χ1) is 9.66. The van der Waals surface area contributed by atoms with Gasteiger partial charge in [-0.2, -0.15) is 0 Å². The number of fused-ring (bicyclic) bond motifs is 1. The van der Waals surface area contributed by atoms with Crippen molar-refractivity contribution in [2.24, 2.45) is 17.8 Å². The van der Waals surface area contributed by atoms with Crippen LogP contribution in [0.3, 0.4) is 0 Å². The second-order valence-corrected chi connectivity index (χ2v) is 8.37. The van der Waals surface area contributed by atoms with Gasteiger partial charge in [0.05, 0.1) is 5.54 Å². The minimum atomic E-state index is 0.427. The Morgan fingerprint density at radius 3 is 2.60 bits per heavy atom. The number of rotatable bonds is 0. The van der Waals surface area contributed by atoms with Gasteiger partial charge in [-0.1, -0.05) is 15.9 Å². The van der Waals surface area contributed by atoms with Crippen molar-refractivity contribution in [2.45, 2.75) is 24.8 Å². The average molecular weight is 333 g/mol. The lowest BCUT2D eigenvalue weighted by Crippen LogP contribution is -2.71. The number of nitrogens with zero attached hydrogens (tertiary/aromatic N) is 2. The predicted octanol–water partition coefficient (Wildman–Crippen LogP) is 3.15. The van der Waals surface area contributed by atoms with E-state index in [1.807, 2.05) is 0 Å². The van der Waals surface area contributed by atoms with Crippen molar-refractivity contribution in [3.63, 3.8) is 0 Å². The Bertz CT molecular complexity index is 554. The summed E-state index contributed by atoms with van der Waals surface area (Å²) in [5, 5.41) is 0. The highest BCUT2D eigenvalue weighted by Crippen LogP contribution is 2.57. The molecule has 1 spiro atoms. The van der Waals surface area contributed by atoms with Crippen molar-refractivity contribution >= 4 is 21.6 Å². The lowest BCUT2D eigenvalue weighted by atomic mass is 9.56. The largest absolute Gasteiger partial charge is 0.368 e. The van der Waals surface area contributed by atoms with Crippen LogP contribution in [-0.2, 0) is 6.42 Å². The van der Waals surface area contributed by atoms with Crippen LogP contribution >= 0.6 is 15.9 Å². The summed E-state index contributed by atoms with van der Waals surface area (Å²) < 4.78 is 1.23. The summed E-state index contributed by atoms with van der Waals surface area (Å²) in [6, 6.07) is 6.87. The van der Waals surface area contributed by atoms with Gasteiger partial charge < -0.3 is 9.80 Å². The second-order valence-electron chi connectivity index (χ2n) is 7.45. The third kappa shape index (κ3) is 1.34. The van der Waals surface area contributed by atoms with Crippen LogP contribution in [0.15, 0.2) is 22.7 Å². The molecular formula is C17H21BrN2. The van der Waals surface area contributed by atoms with Crippen LogP contribution in [0.25, 0.3) is 0 Å². The Labute approximate surface area is 129 Å². The molecular weight excluding hydrogens is 312 g/mol. The molecule has 0 aromatic heterocycles. The molecule has 1 aromatic rings. The van der Waals surface area contributed by atoms with Crippen LogP contribution in [0.1, 0.15) is 18.4 Å². The zero-order chi connectivity index (χ0) is 13.5. The molecule has 1 aliphatic carbocycles. The standard InChI is InChI=1S/C17H21BrN2/c1-19-16-3-2-15(18)6-12(16)7-17(19)13-4-11-5-14(17)10-20(8-11)9-13/h2-3,6,11,13-14H,4-5,7-10H2,1H3. The van der Waals surface area contributed by atoms with Crippen molar-refractivity contribution in [1.29, 1.82) is 0 Å². The van der Waals surface area contributed by atoms with E-state index in [4.69, 9.17) is 0 Å². The normalized spacial score (nSPS) is 44.4. The highest BCUT2D eigenvalue weighted by Gasteiger charge is 2.60. The van der Waals surface area contributed by atoms with Gasteiger partial charge in [0.2, 0.25) is 0 Å². The maximum atomic E-state index is 3.65. The van der Waals surface area contributed by atoms with Crippen LogP contribution in [0.2, 0.25) is 0 Å². The summed E-state index contributed by atoms with van der Waals surface area (Å²) in [7, 11) is 2.36. The number of hydrogen-bond donors (Lipinski definition) is 0. The van der Waals surface area contributed by atoms with E-state index < -0.39 is 0 Å². The molecule has 5 aliphatic rings. The molecule has 1 aromatic carbocycles. The molecule has 20 heavy (non-hydrogen) atoms. The van der Waals surface area contributed by atoms with Crippen LogP contribution in [0, 0.1) is 17.8 Å². The molecule has 106 valence electrons. The molecule has 0 radical (unpaired) electrons. The summed E-state index contributed by atoms with van der Waals surface area (Å²) >= 11 is 3.65. The summed E-state index contributed by atoms with van der Waals surface area (Å²) in [5.41, 5.74) is 3.47. The fourth-order valence-electron chi connectivity index (χ4n) is 5.98. The third-order valence-corrected chi connectivity index (χ3v) is 7.12. The number of halogens is 1. The van der Waals surface area contributed by atoms with E-state index in [0.717, 1.165) is 17.8 Å². The van der Waals surface area contributed by atoms with E-state index >= 15 is 0 Å². The topological polar surface area (TPSA) is 6.48 Å². The van der Waals surface area contributed by atoms with Gasteiger partial charge in [0.25, 0.3) is 0 Å². The van der Waals surface area contributed by atoms with Crippen LogP contribution in [0.5, 0.6) is 0 Å². The summed E-state index contributed by atoms with van der Waals surface area (Å²) in [6.07, 6.45) is 4.20. The van der Waals surface area contributed by atoms with Crippen molar-refractivity contribution in [2.75, 3.05) is 31.6 Å². The zero-order valence-corrected chi connectivity index (χ0v) is 13.6. The van der Waals surface area contributed by atoms with Crippen molar-refractivity contribution < 1.29 is 0 Å². The highest BCUT2D eigenvalue weighted by atomic mass is 79.9. The van der Waals surface area contributed by atoms with Gasteiger partial charge >= 0.3 is 0 Å². The number of hydrogen-bond acceptors (Lipinski definition) is 2. The van der Waals surface area contributed by atoms with E-state index in [9.17, 15) is 0 Å². The molecule has 3 saturated heterocycles. The molecule has 4 aliphatic heterocycles. The number of anilines is 1. The zero-order valence-electron chi connectivity index (χ0n) is 12.0. The molecule has 1 saturated carbocycles. The predicted molar refractivity (Wildman–Crippen MR) is 85.1 cm³/mol. The summed E-state index contributed by atoms with van der Waals surface area (Å²) in [6.45, 7) is 4.06. The van der Waals surface area contributed by atoms with Crippen LogP contribution < -0.4 is 4.90 Å². The quantitative estimate of drug-likeness (QED) is 0.720. The molecule has 0 amide bonds. The maximum Gasteiger partial charge on any atom is 0.0520 e. The van der Waals surface area contributed by atoms with Gasteiger partial charge in [-0.05, 0) is 60.8 Å². The Hall–Kier alpha value is -0.540. The first kappa shape index (κ1) is 12.0. The van der Waals surface area contributed by atoms with Crippen molar-refractivity contribution in [1.82, 2.24) is 4.90 Å². The number of likely N-dealkylation sites (N-methyl/N-ethyl adjacent to an activating group) is 1. The molecule has 6 rings (SSSR count). The Morgan fingerprint density at radius 2 is 1.90 bits per heavy atom. The lowest BCUT2D eigenvalue weighted by Gasteiger charge is -2.63. The van der Waals surface area contributed by atoms with Gasteiger partial charge in [0, 0.05) is 36.8 Å². The van der Waals surface area contributed by atoms with Gasteiger partial charge in [-0.15, -0.1) is 0 Å². The molecule has 2 unspecified atom stereocenters. The molecule has 4 heterocycles. The Kier molecular flexibility index (Phi) is 2.29. The van der Waals surface area contributed by atoms with Crippen LogP contribution in [0.4, 0.5) is 5.69 Å². The minimum absolute atomic E-state index is 0.427. The van der Waals surface area contributed by atoms with Gasteiger partial charge in [-0.3, -0.25) is 0 Å². The van der Waals surface area contributed by atoms with Crippen LogP contribution in [-0.4, -0.2) is 37.1 Å². The SMILES string of the molecule is CN1c2ccc(Br)cc2CC12C1CC3CC2CN(C3)C1. The number of benzene rings is 1. The third-order valence-electron chi connectivity index (χ3n) is 6.62. The van der Waals surface area contributed by atoms with E-state index in [1.54, 1.807) is 5.56 Å². The lowest BCUT2D eigenvalue weighted by molar-refractivity contribution is -0.0777. The first-order valence-electron chi connectivity index (χ1n) is 7.91. The molecule has 3 heteroatoms. The summed E-state index contributed by atoms with van der Waals surface area (Å²) in [5.74, 6) is 2.75. The highest BCUT2D eigenvalue weighted by molar-refractivity contribution is 9.10. The van der Waals surface area contributed by atoms with Gasteiger partial charge in [0.15, 0.2) is 0 Å². The molecule has 4 bridgehead atoms. The minimum Gasteiger partial charge on any atom is -0.368 e. The fourth-order valence-corrected chi connectivity index (χ4v) is 6.38. The van der Waals surface area contributed by atoms with E-state index in [-0.39, 0.29) is 0 Å². The second kappa shape index (κ2) is 3.80. The number of piperidine rings is 3. The monoisotopic (exact) mass is 332 g/mol. The molecule has 2 nitrogen and oxygen atoms in total. The van der Waals surface area contributed by atoms with E-state index in [1.165, 1.54) is 49.1 Å². The first-order valence-corrected chi connectivity index (χ1v) is 8.71. The van der Waals surface area contributed by atoms with E-state index in [2.05, 4.69) is 51.0 Å². The Morgan fingerprint density at radius 1 is 1.15 bits per heavy atom. The van der Waals surface area contributed by atoms with Crippen molar-refractivity contribution in [3.05, 3.63) is 28.2 Å². The van der Waals surface area contributed by atoms with Gasteiger partial charge in [-0.25, -0.2) is 0 Å².